The molecule has 0 bridgehead atoms. The van der Waals surface area contributed by atoms with Gasteiger partial charge in [0, 0.05) is 13.1 Å². The van der Waals surface area contributed by atoms with Crippen molar-refractivity contribution in [3.05, 3.63) is 53.2 Å². The molecular formula is C14H14F2N4O. The van der Waals surface area contributed by atoms with Crippen LogP contribution in [0.4, 0.5) is 14.6 Å². The van der Waals surface area contributed by atoms with Gasteiger partial charge in [-0.05, 0) is 36.8 Å². The van der Waals surface area contributed by atoms with Crippen LogP contribution in [0.5, 0.6) is 0 Å². The van der Waals surface area contributed by atoms with E-state index in [9.17, 15) is 13.6 Å². The number of benzene rings is 1. The molecule has 0 spiro atoms. The van der Waals surface area contributed by atoms with E-state index < -0.39 is 11.6 Å². The van der Waals surface area contributed by atoms with Crippen molar-refractivity contribution in [1.29, 1.82) is 0 Å². The molecule has 0 fully saturated rings. The second kappa shape index (κ2) is 6.74. The lowest BCUT2D eigenvalue weighted by Gasteiger charge is -2.06. The largest absolute Gasteiger partial charge is 0.365 e. The Labute approximate surface area is 120 Å². The molecule has 0 aliphatic carbocycles. The maximum atomic E-state index is 13.0. The summed E-state index contributed by atoms with van der Waals surface area (Å²) in [6, 6.07) is 6.78. The third-order valence-electron chi connectivity index (χ3n) is 2.69. The summed E-state index contributed by atoms with van der Waals surface area (Å²) >= 11 is 0. The number of halogens is 2. The summed E-state index contributed by atoms with van der Waals surface area (Å²) in [6.07, 6.45) is 0. The van der Waals surface area contributed by atoms with Crippen LogP contribution in [0.25, 0.3) is 0 Å². The molecule has 2 N–H and O–H groups in total. The fourth-order valence-electron chi connectivity index (χ4n) is 1.64. The highest BCUT2D eigenvalue weighted by Crippen LogP contribution is 2.10. The summed E-state index contributed by atoms with van der Waals surface area (Å²) in [6.45, 7) is 2.59. The number of nitrogens with zero attached hydrogens (tertiary/aromatic N) is 2. The van der Waals surface area contributed by atoms with E-state index >= 15 is 0 Å². The number of carbonyl (C=O) groups is 1. The molecule has 1 heterocycles. The van der Waals surface area contributed by atoms with E-state index in [-0.39, 0.29) is 18.1 Å². The molecule has 0 unspecified atom stereocenters. The SMILES string of the molecule is CCNC(=O)c1ccc(NCc2ccc(F)c(F)c2)nn1. The van der Waals surface area contributed by atoms with Crippen LogP contribution in [-0.4, -0.2) is 22.6 Å². The van der Waals surface area contributed by atoms with Gasteiger partial charge in [0.25, 0.3) is 5.91 Å². The second-order valence-electron chi connectivity index (χ2n) is 4.27. The van der Waals surface area contributed by atoms with Crippen molar-refractivity contribution in [3.8, 4) is 0 Å². The average molecular weight is 292 g/mol. The molecule has 5 nitrogen and oxygen atoms in total. The zero-order valence-corrected chi connectivity index (χ0v) is 11.4. The van der Waals surface area contributed by atoms with Crippen molar-refractivity contribution in [2.75, 3.05) is 11.9 Å². The van der Waals surface area contributed by atoms with Gasteiger partial charge in [0.15, 0.2) is 17.3 Å². The monoisotopic (exact) mass is 292 g/mol. The van der Waals surface area contributed by atoms with Gasteiger partial charge in [0.1, 0.15) is 5.82 Å². The van der Waals surface area contributed by atoms with E-state index in [0.717, 1.165) is 12.1 Å². The summed E-state index contributed by atoms with van der Waals surface area (Å²) in [5, 5.41) is 13.2. The molecule has 2 rings (SSSR count). The quantitative estimate of drug-likeness (QED) is 0.886. The summed E-state index contributed by atoms with van der Waals surface area (Å²) in [5.41, 5.74) is 0.790. The van der Waals surface area contributed by atoms with E-state index in [0.29, 0.717) is 17.9 Å². The topological polar surface area (TPSA) is 66.9 Å². The third-order valence-corrected chi connectivity index (χ3v) is 2.69. The normalized spacial score (nSPS) is 10.2. The Kier molecular flexibility index (Phi) is 4.76. The van der Waals surface area contributed by atoms with Crippen molar-refractivity contribution in [2.24, 2.45) is 0 Å². The fourth-order valence-corrected chi connectivity index (χ4v) is 1.64. The molecule has 7 heteroatoms. The van der Waals surface area contributed by atoms with E-state index in [4.69, 9.17) is 0 Å². The molecule has 1 aromatic heterocycles. The van der Waals surface area contributed by atoms with Crippen LogP contribution in [0.2, 0.25) is 0 Å². The number of carbonyl (C=O) groups excluding carboxylic acids is 1. The minimum absolute atomic E-state index is 0.218. The zero-order valence-electron chi connectivity index (χ0n) is 11.4. The Balaban J connectivity index is 1.97. The molecule has 21 heavy (non-hydrogen) atoms. The summed E-state index contributed by atoms with van der Waals surface area (Å²) in [7, 11) is 0. The summed E-state index contributed by atoms with van der Waals surface area (Å²) < 4.78 is 25.8. The lowest BCUT2D eigenvalue weighted by molar-refractivity contribution is 0.0950. The first-order valence-corrected chi connectivity index (χ1v) is 6.40. The lowest BCUT2D eigenvalue weighted by atomic mass is 10.2. The van der Waals surface area contributed by atoms with Gasteiger partial charge in [-0.1, -0.05) is 6.07 Å². The maximum Gasteiger partial charge on any atom is 0.271 e. The predicted molar refractivity (Wildman–Crippen MR) is 73.7 cm³/mol. The highest BCUT2D eigenvalue weighted by molar-refractivity contribution is 5.92. The van der Waals surface area contributed by atoms with Crippen LogP contribution in [0, 0.1) is 11.6 Å². The van der Waals surface area contributed by atoms with E-state index in [1.54, 1.807) is 6.07 Å². The molecule has 0 saturated carbocycles. The Bertz CT molecular complexity index is 631. The zero-order chi connectivity index (χ0) is 15.2. The fraction of sp³-hybridized carbons (Fsp3) is 0.214. The van der Waals surface area contributed by atoms with Crippen LogP contribution < -0.4 is 10.6 Å². The Morgan fingerprint density at radius 1 is 1.14 bits per heavy atom. The van der Waals surface area contributed by atoms with Gasteiger partial charge in [0.2, 0.25) is 0 Å². The molecule has 0 radical (unpaired) electrons. The molecule has 0 saturated heterocycles. The van der Waals surface area contributed by atoms with Crippen molar-refractivity contribution in [3.63, 3.8) is 0 Å². The molecular weight excluding hydrogens is 278 g/mol. The van der Waals surface area contributed by atoms with E-state index in [1.165, 1.54) is 12.1 Å². The van der Waals surface area contributed by atoms with Gasteiger partial charge in [-0.15, -0.1) is 10.2 Å². The second-order valence-corrected chi connectivity index (χ2v) is 4.27. The van der Waals surface area contributed by atoms with Crippen LogP contribution in [0.1, 0.15) is 23.0 Å². The highest BCUT2D eigenvalue weighted by Gasteiger charge is 2.07. The first-order valence-electron chi connectivity index (χ1n) is 6.40. The molecule has 0 aliphatic rings. The van der Waals surface area contributed by atoms with Crippen molar-refractivity contribution in [2.45, 2.75) is 13.5 Å². The van der Waals surface area contributed by atoms with Crippen LogP contribution in [0.15, 0.2) is 30.3 Å². The van der Waals surface area contributed by atoms with Crippen molar-refractivity contribution >= 4 is 11.7 Å². The number of nitrogens with one attached hydrogen (secondary N) is 2. The first kappa shape index (κ1) is 14.8. The number of hydrogen-bond donors (Lipinski definition) is 2. The molecule has 1 aromatic carbocycles. The number of anilines is 1. The Hall–Kier alpha value is -2.57. The molecule has 1 amide bonds. The van der Waals surface area contributed by atoms with Crippen LogP contribution in [-0.2, 0) is 6.54 Å². The van der Waals surface area contributed by atoms with Gasteiger partial charge < -0.3 is 10.6 Å². The van der Waals surface area contributed by atoms with E-state index in [2.05, 4.69) is 20.8 Å². The van der Waals surface area contributed by atoms with Gasteiger partial charge in [0.05, 0.1) is 0 Å². The van der Waals surface area contributed by atoms with E-state index in [1.807, 2.05) is 6.92 Å². The van der Waals surface area contributed by atoms with Gasteiger partial charge in [-0.3, -0.25) is 4.79 Å². The van der Waals surface area contributed by atoms with Crippen molar-refractivity contribution < 1.29 is 13.6 Å². The standard InChI is InChI=1S/C14H14F2N4O/c1-2-17-14(21)12-5-6-13(20-19-12)18-8-9-3-4-10(15)11(16)7-9/h3-7H,2,8H2,1H3,(H,17,21)(H,18,20). The lowest BCUT2D eigenvalue weighted by Crippen LogP contribution is -2.24. The molecule has 2 aromatic rings. The van der Waals surface area contributed by atoms with Gasteiger partial charge in [-0.2, -0.15) is 0 Å². The van der Waals surface area contributed by atoms with Gasteiger partial charge >= 0.3 is 0 Å². The van der Waals surface area contributed by atoms with Gasteiger partial charge in [-0.25, -0.2) is 8.78 Å². The smallest absolute Gasteiger partial charge is 0.271 e. The van der Waals surface area contributed by atoms with Crippen LogP contribution >= 0.6 is 0 Å². The minimum Gasteiger partial charge on any atom is -0.365 e. The number of amides is 1. The predicted octanol–water partition coefficient (Wildman–Crippen LogP) is 2.12. The number of rotatable bonds is 5. The van der Waals surface area contributed by atoms with Crippen molar-refractivity contribution in [1.82, 2.24) is 15.5 Å². The molecule has 110 valence electrons. The summed E-state index contributed by atoms with van der Waals surface area (Å²) in [4.78, 5) is 11.5. The third kappa shape index (κ3) is 3.95. The molecule has 0 aliphatic heterocycles. The summed E-state index contributed by atoms with van der Waals surface area (Å²) in [5.74, 6) is -1.64. The molecule has 0 atom stereocenters. The number of aromatic nitrogens is 2. The number of hydrogen-bond acceptors (Lipinski definition) is 4. The average Bonchev–Trinajstić information content (AvgIpc) is 2.49. The Morgan fingerprint density at radius 2 is 1.95 bits per heavy atom. The maximum absolute atomic E-state index is 13.0. The Morgan fingerprint density at radius 3 is 2.57 bits per heavy atom. The van der Waals surface area contributed by atoms with Crippen LogP contribution in [0.3, 0.4) is 0 Å². The first-order chi connectivity index (χ1) is 10.1. The highest BCUT2D eigenvalue weighted by atomic mass is 19.2. The minimum atomic E-state index is -0.896.